The van der Waals surface area contributed by atoms with Crippen LogP contribution in [0.3, 0.4) is 0 Å². The third-order valence-electron chi connectivity index (χ3n) is 5.21. The van der Waals surface area contributed by atoms with Crippen LogP contribution < -0.4 is 0 Å². The van der Waals surface area contributed by atoms with E-state index in [0.717, 1.165) is 0 Å². The molecule has 16 heavy (non-hydrogen) atoms. The van der Waals surface area contributed by atoms with Crippen molar-refractivity contribution < 1.29 is 0 Å². The highest BCUT2D eigenvalue weighted by Gasteiger charge is 2.58. The summed E-state index contributed by atoms with van der Waals surface area (Å²) in [7, 11) is 0. The van der Waals surface area contributed by atoms with Crippen molar-refractivity contribution in [3.05, 3.63) is 0 Å². The third-order valence-corrected chi connectivity index (χ3v) is 5.21. The molecule has 0 spiro atoms. The second kappa shape index (κ2) is 3.19. The molecule has 4 heteroatoms. The predicted octanol–water partition coefficient (Wildman–Crippen LogP) is 0.373. The highest BCUT2D eigenvalue weighted by atomic mass is 15.7. The van der Waals surface area contributed by atoms with Crippen molar-refractivity contribution in [2.45, 2.75) is 51.4 Å². The Morgan fingerprint density at radius 1 is 0.625 bits per heavy atom. The van der Waals surface area contributed by atoms with Gasteiger partial charge in [-0.1, -0.05) is 0 Å². The maximum Gasteiger partial charge on any atom is 0.0947 e. The molecule has 0 N–H and O–H groups in total. The van der Waals surface area contributed by atoms with Crippen molar-refractivity contribution >= 4 is 0 Å². The highest BCUT2D eigenvalue weighted by molar-refractivity contribution is 5.06. The lowest BCUT2D eigenvalue weighted by Crippen LogP contribution is -2.55. The fourth-order valence-corrected chi connectivity index (χ4v) is 4.48. The van der Waals surface area contributed by atoms with Crippen LogP contribution in [-0.2, 0) is 0 Å². The first kappa shape index (κ1) is 9.83. The van der Waals surface area contributed by atoms with E-state index in [2.05, 4.69) is 33.4 Å². The van der Waals surface area contributed by atoms with Crippen molar-refractivity contribution in [2.24, 2.45) is 0 Å². The molecule has 4 nitrogen and oxygen atoms in total. The molecule has 0 aliphatic carbocycles. The van der Waals surface area contributed by atoms with Gasteiger partial charge in [-0.3, -0.25) is 19.6 Å². The summed E-state index contributed by atoms with van der Waals surface area (Å²) < 4.78 is 0. The summed E-state index contributed by atoms with van der Waals surface area (Å²) in [6.07, 6.45) is 5.40. The molecule has 0 saturated carbocycles. The molecule has 0 amide bonds. The first-order chi connectivity index (χ1) is 7.79. The predicted molar refractivity (Wildman–Crippen MR) is 62.6 cm³/mol. The smallest absolute Gasteiger partial charge is 0.0947 e. The zero-order valence-corrected chi connectivity index (χ0v) is 10.3. The fraction of sp³-hybridized carbons (Fsp3) is 1.00. The maximum absolute atomic E-state index is 2.73. The SMILES string of the molecule is CC1N2CCCN3C(C)N4CCCN1C4C23. The van der Waals surface area contributed by atoms with Crippen molar-refractivity contribution in [2.75, 3.05) is 26.2 Å². The Kier molecular flexibility index (Phi) is 1.96. The van der Waals surface area contributed by atoms with Gasteiger partial charge in [0.15, 0.2) is 0 Å². The zero-order valence-electron chi connectivity index (χ0n) is 10.3. The van der Waals surface area contributed by atoms with Crippen LogP contribution in [0.5, 0.6) is 0 Å². The molecule has 0 aromatic heterocycles. The normalized spacial score (nSPS) is 49.9. The van der Waals surface area contributed by atoms with Gasteiger partial charge in [0.2, 0.25) is 0 Å². The molecule has 0 bridgehead atoms. The van der Waals surface area contributed by atoms with E-state index < -0.39 is 0 Å². The van der Waals surface area contributed by atoms with Crippen molar-refractivity contribution in [3.63, 3.8) is 0 Å². The van der Waals surface area contributed by atoms with Gasteiger partial charge in [0.25, 0.3) is 0 Å². The first-order valence-corrected chi connectivity index (χ1v) is 6.82. The lowest BCUT2D eigenvalue weighted by molar-refractivity contribution is -0.0338. The summed E-state index contributed by atoms with van der Waals surface area (Å²) in [5, 5.41) is 0. The molecule has 4 saturated heterocycles. The second-order valence-corrected chi connectivity index (χ2v) is 5.75. The van der Waals surface area contributed by atoms with Gasteiger partial charge in [0.05, 0.1) is 24.7 Å². The number of nitrogens with zero attached hydrogens (tertiary/aromatic N) is 4. The van der Waals surface area contributed by atoms with E-state index in [1.807, 2.05) is 0 Å². The molecule has 0 aromatic rings. The van der Waals surface area contributed by atoms with Gasteiger partial charge in [-0.2, -0.15) is 0 Å². The molecular weight excluding hydrogens is 200 g/mol. The Morgan fingerprint density at radius 2 is 0.938 bits per heavy atom. The Morgan fingerprint density at radius 3 is 1.25 bits per heavy atom. The van der Waals surface area contributed by atoms with E-state index in [-0.39, 0.29) is 0 Å². The molecule has 0 unspecified atom stereocenters. The molecule has 4 fully saturated rings. The summed E-state index contributed by atoms with van der Waals surface area (Å²) in [4.78, 5) is 10.9. The van der Waals surface area contributed by atoms with Crippen molar-refractivity contribution in [3.8, 4) is 0 Å². The molecule has 4 aliphatic rings. The highest BCUT2D eigenvalue weighted by Crippen LogP contribution is 2.42. The fourth-order valence-electron chi connectivity index (χ4n) is 4.48. The molecule has 90 valence electrons. The lowest BCUT2D eigenvalue weighted by Gasteiger charge is -2.43. The molecule has 4 rings (SSSR count). The summed E-state index contributed by atoms with van der Waals surface area (Å²) >= 11 is 0. The Bertz CT molecular complexity index is 253. The van der Waals surface area contributed by atoms with E-state index in [0.29, 0.717) is 24.7 Å². The van der Waals surface area contributed by atoms with Gasteiger partial charge < -0.3 is 0 Å². The molecule has 0 atom stereocenters. The van der Waals surface area contributed by atoms with Crippen LogP contribution in [0.15, 0.2) is 0 Å². The van der Waals surface area contributed by atoms with Crippen LogP contribution in [0.25, 0.3) is 0 Å². The van der Waals surface area contributed by atoms with Gasteiger partial charge in [0.1, 0.15) is 0 Å². The van der Waals surface area contributed by atoms with Gasteiger partial charge in [-0.05, 0) is 26.7 Å². The van der Waals surface area contributed by atoms with E-state index in [4.69, 9.17) is 0 Å². The van der Waals surface area contributed by atoms with Crippen LogP contribution in [0.2, 0.25) is 0 Å². The van der Waals surface area contributed by atoms with Crippen LogP contribution in [0.4, 0.5) is 0 Å². The topological polar surface area (TPSA) is 13.0 Å². The van der Waals surface area contributed by atoms with Gasteiger partial charge in [-0.15, -0.1) is 0 Å². The van der Waals surface area contributed by atoms with Crippen LogP contribution in [-0.4, -0.2) is 70.4 Å². The van der Waals surface area contributed by atoms with Gasteiger partial charge >= 0.3 is 0 Å². The number of hydrogen-bond acceptors (Lipinski definition) is 4. The van der Waals surface area contributed by atoms with E-state index in [9.17, 15) is 0 Å². The van der Waals surface area contributed by atoms with Crippen molar-refractivity contribution in [1.29, 1.82) is 0 Å². The van der Waals surface area contributed by atoms with Crippen molar-refractivity contribution in [1.82, 2.24) is 19.6 Å². The lowest BCUT2D eigenvalue weighted by atomic mass is 10.2. The minimum absolute atomic E-state index is 0.660. The summed E-state index contributed by atoms with van der Waals surface area (Å²) in [6.45, 7) is 10.0. The average molecular weight is 222 g/mol. The quantitative estimate of drug-likeness (QED) is 0.587. The molecule has 0 radical (unpaired) electrons. The standard InChI is InChI=1S/C12H22N4/c1-9-13-5-3-7-15-10(2)16-8-4-6-14(9)12(16)11(13)15/h9-12H,3-8H2,1-2H3. The van der Waals surface area contributed by atoms with E-state index in [1.165, 1.54) is 39.0 Å². The second-order valence-electron chi connectivity index (χ2n) is 5.75. The Labute approximate surface area is 97.8 Å². The average Bonchev–Trinajstić information content (AvgIpc) is 2.78. The summed E-state index contributed by atoms with van der Waals surface area (Å²) in [5.74, 6) is 0. The molecule has 0 aromatic carbocycles. The van der Waals surface area contributed by atoms with Gasteiger partial charge in [-0.25, -0.2) is 0 Å². The maximum atomic E-state index is 2.73. The van der Waals surface area contributed by atoms with Crippen LogP contribution in [0.1, 0.15) is 26.7 Å². The van der Waals surface area contributed by atoms with Crippen LogP contribution >= 0.6 is 0 Å². The third kappa shape index (κ3) is 0.997. The number of rotatable bonds is 0. The van der Waals surface area contributed by atoms with E-state index >= 15 is 0 Å². The first-order valence-electron chi connectivity index (χ1n) is 6.82. The Hall–Kier alpha value is -0.160. The monoisotopic (exact) mass is 222 g/mol. The molecule has 4 aliphatic heterocycles. The molecule has 4 heterocycles. The van der Waals surface area contributed by atoms with E-state index in [1.54, 1.807) is 0 Å². The summed E-state index contributed by atoms with van der Waals surface area (Å²) in [5.41, 5.74) is 0. The minimum atomic E-state index is 0.660. The zero-order chi connectivity index (χ0) is 10.9. The largest absolute Gasteiger partial charge is 0.270 e. The van der Waals surface area contributed by atoms with Gasteiger partial charge in [0, 0.05) is 26.2 Å². The molecular formula is C12H22N4. The van der Waals surface area contributed by atoms with Crippen LogP contribution in [0, 0.1) is 0 Å². The Balaban J connectivity index is 1.77. The number of hydrogen-bond donors (Lipinski definition) is 0. The minimum Gasteiger partial charge on any atom is -0.270 e. The summed E-state index contributed by atoms with van der Waals surface area (Å²) in [6, 6.07) is 0.